The number of hydrogen-bond donors (Lipinski definition) is 5. The van der Waals surface area contributed by atoms with Crippen LogP contribution < -0.4 is 14.4 Å². The Balaban J connectivity index is 1.67. The maximum absolute atomic E-state index is 13.3. The summed E-state index contributed by atoms with van der Waals surface area (Å²) in [4.78, 5) is 27.5. The summed E-state index contributed by atoms with van der Waals surface area (Å²) in [7, 11) is 0. The summed E-state index contributed by atoms with van der Waals surface area (Å²) in [6.45, 7) is -0.796. The number of Topliss-reactive ketones (excluding diaryl/α,β-unsaturated/α-hetero) is 1. The van der Waals surface area contributed by atoms with Gasteiger partial charge in [0.2, 0.25) is 6.79 Å². The zero-order chi connectivity index (χ0) is 23.9. The minimum atomic E-state index is -1.78. The molecule has 6 rings (SSSR count). The molecule has 5 atom stereocenters. The lowest BCUT2D eigenvalue weighted by Crippen LogP contribution is -2.65. The molecule has 3 aromatic carbocycles. The van der Waals surface area contributed by atoms with Crippen molar-refractivity contribution in [3.63, 3.8) is 0 Å². The van der Waals surface area contributed by atoms with Gasteiger partial charge < -0.3 is 39.7 Å². The maximum atomic E-state index is 13.3. The van der Waals surface area contributed by atoms with Crippen LogP contribution in [0.1, 0.15) is 10.4 Å². The molecule has 3 aliphatic heterocycles. The quantitative estimate of drug-likeness (QED) is 0.250. The Morgan fingerprint density at radius 3 is 2.53 bits per heavy atom. The van der Waals surface area contributed by atoms with Gasteiger partial charge in [-0.2, -0.15) is 0 Å². The second-order valence-electron chi connectivity index (χ2n) is 8.43. The van der Waals surface area contributed by atoms with Crippen LogP contribution in [0, 0.1) is 0 Å². The maximum Gasteiger partial charge on any atom is 0.301 e. The highest BCUT2D eigenvalue weighted by atomic mass is 16.7. The molecular weight excluding hydrogens is 450 g/mol. The largest absolute Gasteiger partial charge is 0.508 e. The number of ether oxygens (including phenoxy) is 3. The predicted octanol–water partition coefficient (Wildman–Crippen LogP) is -0.243. The summed E-state index contributed by atoms with van der Waals surface area (Å²) < 4.78 is 16.7. The number of aliphatic hydroxyl groups is 4. The number of aliphatic hydroxyl groups excluding tert-OH is 4. The van der Waals surface area contributed by atoms with Crippen molar-refractivity contribution in [3.8, 4) is 17.2 Å². The topological polar surface area (TPSA) is 166 Å². The summed E-state index contributed by atoms with van der Waals surface area (Å²) in [5.74, 6) is -1.37. The summed E-state index contributed by atoms with van der Waals surface area (Å²) >= 11 is 0. The first-order valence-corrected chi connectivity index (χ1v) is 10.5. The Kier molecular flexibility index (Phi) is 4.50. The Labute approximate surface area is 190 Å². The van der Waals surface area contributed by atoms with Crippen LogP contribution in [0.4, 0.5) is 5.69 Å². The summed E-state index contributed by atoms with van der Waals surface area (Å²) in [5.41, 5.74) is 0.237. The molecule has 1 amide bonds. The SMILES string of the molecule is O=C1C(=O)N([C@@H]2O[C@H](CO)[C@H](O)[C@@H](O)[C@H]2O)c2cc3ccc(O)cc3c3c4c(cc1c23)OCO4. The van der Waals surface area contributed by atoms with Crippen molar-refractivity contribution in [2.75, 3.05) is 18.3 Å². The number of carbonyl (C=O) groups excluding carboxylic acids is 2. The zero-order valence-electron chi connectivity index (χ0n) is 17.4. The molecular formula is C23H19NO10. The van der Waals surface area contributed by atoms with Gasteiger partial charge in [0.1, 0.15) is 30.2 Å². The van der Waals surface area contributed by atoms with Gasteiger partial charge in [0.25, 0.3) is 5.78 Å². The van der Waals surface area contributed by atoms with Gasteiger partial charge in [-0.15, -0.1) is 0 Å². The molecule has 0 bridgehead atoms. The van der Waals surface area contributed by atoms with Gasteiger partial charge >= 0.3 is 5.91 Å². The fourth-order valence-corrected chi connectivity index (χ4v) is 4.92. The number of amides is 1. The molecule has 11 nitrogen and oxygen atoms in total. The Hall–Kier alpha value is -3.48. The molecule has 5 N–H and O–H groups in total. The number of rotatable bonds is 2. The second kappa shape index (κ2) is 7.26. The van der Waals surface area contributed by atoms with Crippen molar-refractivity contribution >= 4 is 38.9 Å². The van der Waals surface area contributed by atoms with Crippen molar-refractivity contribution < 1.29 is 49.3 Å². The molecule has 0 aromatic heterocycles. The molecule has 0 radical (unpaired) electrons. The van der Waals surface area contributed by atoms with E-state index < -0.39 is 48.9 Å². The lowest BCUT2D eigenvalue weighted by molar-refractivity contribution is -0.228. The average molecular weight is 469 g/mol. The predicted molar refractivity (Wildman–Crippen MR) is 115 cm³/mol. The first kappa shape index (κ1) is 21.1. The van der Waals surface area contributed by atoms with Crippen LogP contribution >= 0.6 is 0 Å². The van der Waals surface area contributed by atoms with E-state index in [0.717, 1.165) is 4.90 Å². The van der Waals surface area contributed by atoms with Gasteiger partial charge in [0.05, 0.1) is 12.3 Å². The van der Waals surface area contributed by atoms with E-state index in [1.807, 2.05) is 0 Å². The highest BCUT2D eigenvalue weighted by Gasteiger charge is 2.50. The molecule has 1 fully saturated rings. The first-order chi connectivity index (χ1) is 16.3. The number of benzene rings is 3. The van der Waals surface area contributed by atoms with Crippen LogP contribution in [-0.4, -0.2) is 81.3 Å². The van der Waals surface area contributed by atoms with E-state index in [1.54, 1.807) is 12.1 Å². The summed E-state index contributed by atoms with van der Waals surface area (Å²) in [6, 6.07) is 7.57. The third kappa shape index (κ3) is 2.70. The number of hydrogen-bond acceptors (Lipinski definition) is 10. The molecule has 0 aliphatic carbocycles. The number of anilines is 1. The Bertz CT molecular complexity index is 1390. The normalized spacial score (nSPS) is 28.2. The molecule has 1 saturated heterocycles. The van der Waals surface area contributed by atoms with E-state index in [4.69, 9.17) is 14.2 Å². The lowest BCUT2D eigenvalue weighted by Gasteiger charge is -2.45. The summed E-state index contributed by atoms with van der Waals surface area (Å²) in [6.07, 6.45) is -8.02. The van der Waals surface area contributed by atoms with Crippen molar-refractivity contribution in [2.45, 2.75) is 30.6 Å². The van der Waals surface area contributed by atoms with Gasteiger partial charge in [0.15, 0.2) is 17.7 Å². The van der Waals surface area contributed by atoms with Gasteiger partial charge in [-0.05, 0) is 35.0 Å². The van der Waals surface area contributed by atoms with Gasteiger partial charge in [0, 0.05) is 16.3 Å². The highest BCUT2D eigenvalue weighted by molar-refractivity contribution is 6.53. The fraction of sp³-hybridized carbons (Fsp3) is 0.304. The molecule has 3 heterocycles. The number of phenolic OH excluding ortho intramolecular Hbond substituents is 1. The van der Waals surface area contributed by atoms with Crippen LogP contribution in [0.2, 0.25) is 0 Å². The van der Waals surface area contributed by atoms with Crippen LogP contribution in [-0.2, 0) is 9.53 Å². The lowest BCUT2D eigenvalue weighted by atomic mass is 9.88. The van der Waals surface area contributed by atoms with E-state index in [1.165, 1.54) is 18.2 Å². The van der Waals surface area contributed by atoms with Crippen molar-refractivity contribution in [3.05, 3.63) is 35.9 Å². The van der Waals surface area contributed by atoms with Crippen LogP contribution in [0.25, 0.3) is 21.5 Å². The van der Waals surface area contributed by atoms with Crippen molar-refractivity contribution in [1.82, 2.24) is 0 Å². The third-order valence-corrected chi connectivity index (χ3v) is 6.56. The standard InChI is InChI=1S/C23H19NO10/c25-6-14-18(28)19(29)20(30)23(34-14)24-12-3-8-1-2-9(26)4-10(8)16-15(12)11(17(27)22(24)31)5-13-21(16)33-7-32-13/h1-5,14,18-20,23,25-26,28-30H,6-7H2/t14-,18+,19-,20-,23-/m1/s1. The number of ketones is 1. The number of carbonyl (C=O) groups is 2. The molecule has 34 heavy (non-hydrogen) atoms. The molecule has 0 unspecified atom stereocenters. The number of aromatic hydroxyl groups is 1. The zero-order valence-corrected chi connectivity index (χ0v) is 17.4. The average Bonchev–Trinajstić information content (AvgIpc) is 3.30. The summed E-state index contributed by atoms with van der Waals surface area (Å²) in [5, 5.41) is 52.7. The molecule has 0 spiro atoms. The van der Waals surface area contributed by atoms with Gasteiger partial charge in [-0.25, -0.2) is 0 Å². The van der Waals surface area contributed by atoms with Crippen molar-refractivity contribution in [1.29, 1.82) is 0 Å². The van der Waals surface area contributed by atoms with Crippen LogP contribution in [0.15, 0.2) is 30.3 Å². The number of nitrogens with zero attached hydrogens (tertiary/aromatic N) is 1. The van der Waals surface area contributed by atoms with E-state index in [9.17, 15) is 35.1 Å². The minimum Gasteiger partial charge on any atom is -0.508 e. The minimum absolute atomic E-state index is 0.0233. The fourth-order valence-electron chi connectivity index (χ4n) is 4.92. The monoisotopic (exact) mass is 469 g/mol. The Morgan fingerprint density at radius 1 is 0.971 bits per heavy atom. The van der Waals surface area contributed by atoms with Gasteiger partial charge in [-0.1, -0.05) is 6.07 Å². The molecule has 3 aromatic rings. The number of phenols is 1. The van der Waals surface area contributed by atoms with Crippen LogP contribution in [0.3, 0.4) is 0 Å². The third-order valence-electron chi connectivity index (χ3n) is 6.56. The smallest absolute Gasteiger partial charge is 0.301 e. The molecule has 176 valence electrons. The highest BCUT2D eigenvalue weighted by Crippen LogP contribution is 2.50. The van der Waals surface area contributed by atoms with Crippen molar-refractivity contribution in [2.24, 2.45) is 0 Å². The van der Waals surface area contributed by atoms with E-state index in [2.05, 4.69) is 0 Å². The first-order valence-electron chi connectivity index (χ1n) is 10.5. The molecule has 11 heteroatoms. The van der Waals surface area contributed by atoms with E-state index in [-0.39, 0.29) is 29.5 Å². The molecule has 3 aliphatic rings. The molecule has 0 saturated carbocycles. The Morgan fingerprint density at radius 2 is 1.76 bits per heavy atom. The van der Waals surface area contributed by atoms with Gasteiger partial charge in [-0.3, -0.25) is 14.5 Å². The van der Waals surface area contributed by atoms with E-state index >= 15 is 0 Å². The second-order valence-corrected chi connectivity index (χ2v) is 8.43. The van der Waals surface area contributed by atoms with E-state index in [0.29, 0.717) is 27.3 Å². The number of fused-ring (bicyclic) bond motifs is 4. The van der Waals surface area contributed by atoms with Crippen LogP contribution in [0.5, 0.6) is 17.2 Å².